The Bertz CT molecular complexity index is 971. The van der Waals surface area contributed by atoms with E-state index in [9.17, 15) is 22.4 Å². The number of nitrogens with zero attached hydrogens (tertiary/aromatic N) is 2. The minimum absolute atomic E-state index is 0.179. The van der Waals surface area contributed by atoms with Crippen molar-refractivity contribution in [3.05, 3.63) is 71.4 Å². The van der Waals surface area contributed by atoms with E-state index in [2.05, 4.69) is 15.5 Å². The van der Waals surface area contributed by atoms with Gasteiger partial charge in [-0.05, 0) is 25.1 Å². The quantitative estimate of drug-likeness (QED) is 0.658. The molecule has 1 unspecified atom stereocenters. The summed E-state index contributed by atoms with van der Waals surface area (Å²) in [5.41, 5.74) is -1.02. The third-order valence-corrected chi connectivity index (χ3v) is 3.89. The Morgan fingerprint density at radius 3 is 2.57 bits per heavy atom. The van der Waals surface area contributed by atoms with Gasteiger partial charge in [0.1, 0.15) is 5.82 Å². The van der Waals surface area contributed by atoms with E-state index in [4.69, 9.17) is 4.52 Å². The van der Waals surface area contributed by atoms with Gasteiger partial charge in [-0.2, -0.15) is 18.2 Å². The molecule has 1 aromatic heterocycles. The molecule has 28 heavy (non-hydrogen) atoms. The number of rotatable bonds is 5. The highest BCUT2D eigenvalue weighted by atomic mass is 19.4. The molecule has 146 valence electrons. The van der Waals surface area contributed by atoms with Gasteiger partial charge in [0.15, 0.2) is 0 Å². The molecular formula is C19H15F4N3O2. The van der Waals surface area contributed by atoms with Crippen molar-refractivity contribution in [2.45, 2.75) is 25.6 Å². The first-order valence-electron chi connectivity index (χ1n) is 8.29. The lowest BCUT2D eigenvalue weighted by Crippen LogP contribution is -2.34. The van der Waals surface area contributed by atoms with Crippen LogP contribution in [0.25, 0.3) is 11.4 Å². The molecule has 1 N–H and O–H groups in total. The molecule has 1 atom stereocenters. The van der Waals surface area contributed by atoms with Crippen molar-refractivity contribution in [2.75, 3.05) is 0 Å². The lowest BCUT2D eigenvalue weighted by Gasteiger charge is -2.13. The molecule has 3 rings (SSSR count). The van der Waals surface area contributed by atoms with Crippen LogP contribution in [-0.4, -0.2) is 22.1 Å². The maximum absolute atomic E-state index is 13.3. The van der Waals surface area contributed by atoms with E-state index in [0.717, 1.165) is 11.6 Å². The van der Waals surface area contributed by atoms with Gasteiger partial charge < -0.3 is 9.84 Å². The number of carbonyl (C=O) groups is 1. The molecule has 2 aromatic carbocycles. The van der Waals surface area contributed by atoms with Gasteiger partial charge in [0.05, 0.1) is 5.56 Å². The van der Waals surface area contributed by atoms with E-state index in [1.165, 1.54) is 0 Å². The fourth-order valence-corrected chi connectivity index (χ4v) is 2.55. The molecule has 1 heterocycles. The molecule has 5 nitrogen and oxygen atoms in total. The molecule has 0 aliphatic rings. The number of aromatic nitrogens is 2. The minimum atomic E-state index is -4.89. The lowest BCUT2D eigenvalue weighted by atomic mass is 10.1. The summed E-state index contributed by atoms with van der Waals surface area (Å²) in [5, 5.41) is 6.39. The van der Waals surface area contributed by atoms with E-state index >= 15 is 0 Å². The minimum Gasteiger partial charge on any atom is -0.349 e. The van der Waals surface area contributed by atoms with Gasteiger partial charge >= 0.3 is 6.18 Å². The van der Waals surface area contributed by atoms with E-state index in [0.29, 0.717) is 18.0 Å². The molecule has 0 aliphatic heterocycles. The maximum atomic E-state index is 13.3. The predicted octanol–water partition coefficient (Wildman–Crippen LogP) is 4.26. The van der Waals surface area contributed by atoms with Gasteiger partial charge in [0.2, 0.25) is 11.7 Å². The fourth-order valence-electron chi connectivity index (χ4n) is 2.55. The zero-order valence-corrected chi connectivity index (χ0v) is 14.6. The Kier molecular flexibility index (Phi) is 5.43. The van der Waals surface area contributed by atoms with Crippen molar-refractivity contribution in [3.8, 4) is 11.4 Å². The first-order chi connectivity index (χ1) is 13.2. The second-order valence-corrected chi connectivity index (χ2v) is 6.15. The number of nitrogens with one attached hydrogen (secondary N) is 1. The molecule has 0 radical (unpaired) electrons. The van der Waals surface area contributed by atoms with Crippen molar-refractivity contribution in [1.29, 1.82) is 0 Å². The molecule has 9 heteroatoms. The predicted molar refractivity (Wildman–Crippen MR) is 91.8 cm³/mol. The number of carbonyl (C=O) groups excluding carboxylic acids is 1. The van der Waals surface area contributed by atoms with Gasteiger partial charge in [-0.1, -0.05) is 35.5 Å². The second-order valence-electron chi connectivity index (χ2n) is 6.15. The topological polar surface area (TPSA) is 68.0 Å². The average molecular weight is 393 g/mol. The van der Waals surface area contributed by atoms with E-state index in [1.54, 1.807) is 6.92 Å². The zero-order chi connectivity index (χ0) is 20.3. The van der Waals surface area contributed by atoms with Crippen LogP contribution in [-0.2, 0) is 12.6 Å². The second kappa shape index (κ2) is 7.79. The largest absolute Gasteiger partial charge is 0.419 e. The molecule has 1 amide bonds. The van der Waals surface area contributed by atoms with Crippen LogP contribution in [0.1, 0.15) is 28.7 Å². The van der Waals surface area contributed by atoms with Crippen molar-refractivity contribution in [2.24, 2.45) is 0 Å². The molecule has 0 aliphatic carbocycles. The van der Waals surface area contributed by atoms with Gasteiger partial charge in [-0.15, -0.1) is 0 Å². The van der Waals surface area contributed by atoms with Gasteiger partial charge in [-0.3, -0.25) is 4.79 Å². The summed E-state index contributed by atoms with van der Waals surface area (Å²) in [5.74, 6) is -1.54. The highest BCUT2D eigenvalue weighted by molar-refractivity contribution is 5.94. The number of hydrogen-bond acceptors (Lipinski definition) is 4. The summed E-state index contributed by atoms with van der Waals surface area (Å²) in [4.78, 5) is 16.4. The standard InChI is InChI=1S/C19H15F4N3O2/c1-11(9-16-25-17(26-28-16)12-5-3-2-4-6-12)24-18(27)13-7-8-15(20)14(10-13)19(21,22)23/h2-8,10-11H,9H2,1H3,(H,24,27). The molecule has 0 fully saturated rings. The summed E-state index contributed by atoms with van der Waals surface area (Å²) in [6, 6.07) is 10.7. The number of hydrogen-bond donors (Lipinski definition) is 1. The van der Waals surface area contributed by atoms with Crippen LogP contribution in [0.2, 0.25) is 0 Å². The fraction of sp³-hybridized carbons (Fsp3) is 0.211. The Morgan fingerprint density at radius 2 is 1.89 bits per heavy atom. The molecular weight excluding hydrogens is 378 g/mol. The first kappa shape index (κ1) is 19.5. The number of alkyl halides is 3. The number of benzene rings is 2. The third kappa shape index (κ3) is 4.54. The summed E-state index contributed by atoms with van der Waals surface area (Å²) in [6.07, 6.45) is -4.71. The molecule has 0 saturated carbocycles. The number of amides is 1. The van der Waals surface area contributed by atoms with Gasteiger partial charge in [0.25, 0.3) is 5.91 Å². The van der Waals surface area contributed by atoms with Gasteiger partial charge in [0, 0.05) is 23.6 Å². The summed E-state index contributed by atoms with van der Waals surface area (Å²) >= 11 is 0. The SMILES string of the molecule is CC(Cc1nc(-c2ccccc2)no1)NC(=O)c1ccc(F)c(C(F)(F)F)c1. The summed E-state index contributed by atoms with van der Waals surface area (Å²) < 4.78 is 56.8. The summed E-state index contributed by atoms with van der Waals surface area (Å²) in [7, 11) is 0. The van der Waals surface area contributed by atoms with Crippen LogP contribution >= 0.6 is 0 Å². The van der Waals surface area contributed by atoms with Crippen LogP contribution in [0.3, 0.4) is 0 Å². The van der Waals surface area contributed by atoms with Crippen LogP contribution in [0.15, 0.2) is 53.1 Å². The lowest BCUT2D eigenvalue weighted by molar-refractivity contribution is -0.140. The molecule has 0 spiro atoms. The van der Waals surface area contributed by atoms with Crippen molar-refractivity contribution in [3.63, 3.8) is 0 Å². The Balaban J connectivity index is 1.66. The zero-order valence-electron chi connectivity index (χ0n) is 14.6. The first-order valence-corrected chi connectivity index (χ1v) is 8.29. The molecule has 0 saturated heterocycles. The highest BCUT2D eigenvalue weighted by Crippen LogP contribution is 2.31. The Morgan fingerprint density at radius 1 is 1.18 bits per heavy atom. The smallest absolute Gasteiger partial charge is 0.349 e. The highest BCUT2D eigenvalue weighted by Gasteiger charge is 2.34. The van der Waals surface area contributed by atoms with E-state index in [-0.39, 0.29) is 17.9 Å². The Labute approximate surface area is 157 Å². The normalized spacial score (nSPS) is 12.6. The van der Waals surface area contributed by atoms with E-state index in [1.807, 2.05) is 30.3 Å². The van der Waals surface area contributed by atoms with Crippen LogP contribution < -0.4 is 5.32 Å². The van der Waals surface area contributed by atoms with Gasteiger partial charge in [-0.25, -0.2) is 4.39 Å². The van der Waals surface area contributed by atoms with Crippen molar-refractivity contribution in [1.82, 2.24) is 15.5 Å². The van der Waals surface area contributed by atoms with Crippen LogP contribution in [0.4, 0.5) is 17.6 Å². The molecule has 0 bridgehead atoms. The summed E-state index contributed by atoms with van der Waals surface area (Å²) in [6.45, 7) is 1.64. The van der Waals surface area contributed by atoms with Crippen LogP contribution in [0.5, 0.6) is 0 Å². The third-order valence-electron chi connectivity index (χ3n) is 3.89. The average Bonchev–Trinajstić information content (AvgIpc) is 3.10. The Hall–Kier alpha value is -3.23. The van der Waals surface area contributed by atoms with Crippen molar-refractivity contribution >= 4 is 5.91 Å². The van der Waals surface area contributed by atoms with Crippen LogP contribution in [0, 0.1) is 5.82 Å². The maximum Gasteiger partial charge on any atom is 0.419 e. The number of halogens is 4. The van der Waals surface area contributed by atoms with Crippen molar-refractivity contribution < 1.29 is 26.9 Å². The molecule has 3 aromatic rings. The monoisotopic (exact) mass is 393 g/mol. The van der Waals surface area contributed by atoms with E-state index < -0.39 is 29.5 Å².